The molecule has 0 aliphatic heterocycles. The van der Waals surface area contributed by atoms with E-state index in [1.165, 1.54) is 38.6 Å². The van der Waals surface area contributed by atoms with Gasteiger partial charge in [-0.15, -0.1) is 0 Å². The molecule has 0 atom stereocenters. The largest absolute Gasteiger partial charge is 0.487 e. The van der Waals surface area contributed by atoms with Crippen LogP contribution in [0.2, 0.25) is 0 Å². The van der Waals surface area contributed by atoms with E-state index < -0.39 is 22.6 Å². The minimum Gasteiger partial charge on any atom is -0.487 e. The summed E-state index contributed by atoms with van der Waals surface area (Å²) < 4.78 is 90.0. The van der Waals surface area contributed by atoms with Gasteiger partial charge in [0.15, 0.2) is 27.9 Å². The Kier molecular flexibility index (Phi) is 9.94. The van der Waals surface area contributed by atoms with Gasteiger partial charge in [0.05, 0.1) is 35.1 Å². The Morgan fingerprint density at radius 1 is 0.868 bits per heavy atom. The third kappa shape index (κ3) is 7.82. The van der Waals surface area contributed by atoms with Crippen molar-refractivity contribution in [3.63, 3.8) is 0 Å². The molecule has 3 aromatic rings. The molecule has 14 heteroatoms. The molecule has 1 N–H and O–H groups in total. The van der Waals surface area contributed by atoms with E-state index >= 15 is 0 Å². The van der Waals surface area contributed by atoms with Gasteiger partial charge in [-0.25, -0.2) is 18.4 Å². The fourth-order valence-electron chi connectivity index (χ4n) is 3.24. The van der Waals surface area contributed by atoms with Gasteiger partial charge < -0.3 is 29.0 Å². The molecule has 0 fully saturated rings. The lowest BCUT2D eigenvalue weighted by atomic mass is 10.2. The Balaban J connectivity index is 2.06. The first-order valence-corrected chi connectivity index (χ1v) is 13.1. The number of hydrogen-bond acceptors (Lipinski definition) is 10. The number of ether oxygens (including phenoxy) is 5. The normalized spacial score (nSPS) is 11.9. The highest BCUT2D eigenvalue weighted by atomic mass is 32.2. The standard InChI is InChI=1S/C24H28F3N3O7S/c1-4-38(31,32)16-5-6-20(37-14-24(25,26)27)19(11-16)30-23-17-12-21(35-9-7-33-2)22(36-10-8-34-3)13-18(17)28-15-29-23/h5-6,11-13,15H,4,7-10,14H2,1-3H3,(H,28,29,30). The lowest BCUT2D eigenvalue weighted by Crippen LogP contribution is -2.19. The molecule has 0 aliphatic rings. The van der Waals surface area contributed by atoms with Crippen molar-refractivity contribution >= 4 is 32.2 Å². The van der Waals surface area contributed by atoms with Gasteiger partial charge >= 0.3 is 6.18 Å². The number of sulfone groups is 1. The summed E-state index contributed by atoms with van der Waals surface area (Å²) in [5.74, 6) is 0.512. The summed E-state index contributed by atoms with van der Waals surface area (Å²) >= 11 is 0. The molecular formula is C24H28F3N3O7S. The Labute approximate surface area is 217 Å². The zero-order chi connectivity index (χ0) is 27.8. The maximum Gasteiger partial charge on any atom is 0.422 e. The van der Waals surface area contributed by atoms with Gasteiger partial charge in [-0.05, 0) is 24.3 Å². The Morgan fingerprint density at radius 3 is 2.13 bits per heavy atom. The highest BCUT2D eigenvalue weighted by molar-refractivity contribution is 7.91. The lowest BCUT2D eigenvalue weighted by Gasteiger charge is -2.17. The highest BCUT2D eigenvalue weighted by Crippen LogP contribution is 2.37. The van der Waals surface area contributed by atoms with E-state index in [1.54, 1.807) is 19.2 Å². The fourth-order valence-corrected chi connectivity index (χ4v) is 4.15. The zero-order valence-electron chi connectivity index (χ0n) is 21.0. The van der Waals surface area contributed by atoms with Crippen molar-refractivity contribution in [1.82, 2.24) is 9.97 Å². The van der Waals surface area contributed by atoms with Gasteiger partial charge in [0, 0.05) is 25.7 Å². The molecule has 2 aromatic carbocycles. The first kappa shape index (κ1) is 29.2. The number of halogens is 3. The molecule has 0 bridgehead atoms. The van der Waals surface area contributed by atoms with Gasteiger partial charge in [-0.1, -0.05) is 6.92 Å². The van der Waals surface area contributed by atoms with Crippen molar-refractivity contribution in [2.45, 2.75) is 18.0 Å². The molecular weight excluding hydrogens is 531 g/mol. The lowest BCUT2D eigenvalue weighted by molar-refractivity contribution is -0.153. The Hall–Kier alpha value is -3.36. The molecule has 0 saturated heterocycles. The number of aromatic nitrogens is 2. The highest BCUT2D eigenvalue weighted by Gasteiger charge is 2.29. The average Bonchev–Trinajstić information content (AvgIpc) is 2.88. The summed E-state index contributed by atoms with van der Waals surface area (Å²) in [4.78, 5) is 8.38. The van der Waals surface area contributed by atoms with E-state index in [2.05, 4.69) is 15.3 Å². The van der Waals surface area contributed by atoms with E-state index in [0.29, 0.717) is 35.6 Å². The second-order valence-electron chi connectivity index (χ2n) is 7.81. The number of hydrogen-bond donors (Lipinski definition) is 1. The van der Waals surface area contributed by atoms with Crippen LogP contribution < -0.4 is 19.5 Å². The number of methoxy groups -OCH3 is 2. The van der Waals surface area contributed by atoms with Crippen molar-refractivity contribution < 1.29 is 45.3 Å². The maximum atomic E-state index is 12.8. The van der Waals surface area contributed by atoms with Crippen LogP contribution in [0.1, 0.15) is 6.92 Å². The quantitative estimate of drug-likeness (QED) is 0.289. The minimum absolute atomic E-state index is 0.0222. The SMILES string of the molecule is CCS(=O)(=O)c1ccc(OCC(F)(F)F)c(Nc2ncnc3cc(OCCOC)c(OCCOC)cc23)c1. The number of benzene rings is 2. The first-order chi connectivity index (χ1) is 18.1. The predicted octanol–water partition coefficient (Wildman–Crippen LogP) is 4.16. The summed E-state index contributed by atoms with van der Waals surface area (Å²) in [5.41, 5.74) is 0.412. The minimum atomic E-state index is -4.60. The van der Waals surface area contributed by atoms with Crippen LogP contribution in [0.3, 0.4) is 0 Å². The molecule has 0 radical (unpaired) electrons. The van der Waals surface area contributed by atoms with Crippen LogP contribution >= 0.6 is 0 Å². The van der Waals surface area contributed by atoms with Gasteiger partial charge in [0.1, 0.15) is 31.1 Å². The number of anilines is 2. The molecule has 0 unspecified atom stereocenters. The van der Waals surface area contributed by atoms with Crippen LogP contribution in [0.25, 0.3) is 10.9 Å². The van der Waals surface area contributed by atoms with Crippen LogP contribution in [-0.4, -0.2) is 77.6 Å². The van der Waals surface area contributed by atoms with Crippen LogP contribution in [0.4, 0.5) is 24.7 Å². The molecule has 38 heavy (non-hydrogen) atoms. The molecule has 1 heterocycles. The number of nitrogens with zero attached hydrogens (tertiary/aromatic N) is 2. The second-order valence-corrected chi connectivity index (χ2v) is 10.1. The molecule has 10 nitrogen and oxygen atoms in total. The van der Waals surface area contributed by atoms with Crippen LogP contribution in [-0.2, 0) is 19.3 Å². The summed E-state index contributed by atoms with van der Waals surface area (Å²) in [5, 5.41) is 3.34. The number of nitrogens with one attached hydrogen (secondary N) is 1. The number of fused-ring (bicyclic) bond motifs is 1. The van der Waals surface area contributed by atoms with Crippen molar-refractivity contribution in [3.05, 3.63) is 36.7 Å². The monoisotopic (exact) mass is 559 g/mol. The Bertz CT molecular complexity index is 1340. The summed E-state index contributed by atoms with van der Waals surface area (Å²) in [7, 11) is -0.592. The van der Waals surface area contributed by atoms with E-state index in [-0.39, 0.29) is 41.1 Å². The molecule has 3 rings (SSSR count). The van der Waals surface area contributed by atoms with E-state index in [0.717, 1.165) is 0 Å². The van der Waals surface area contributed by atoms with Crippen LogP contribution in [0.5, 0.6) is 17.2 Å². The summed E-state index contributed by atoms with van der Waals surface area (Å²) in [6.07, 6.45) is -3.35. The van der Waals surface area contributed by atoms with Crippen LogP contribution in [0, 0.1) is 0 Å². The molecule has 0 amide bonds. The number of rotatable bonds is 14. The number of alkyl halides is 3. The smallest absolute Gasteiger partial charge is 0.422 e. The van der Waals surface area contributed by atoms with Gasteiger partial charge in [-0.2, -0.15) is 13.2 Å². The van der Waals surface area contributed by atoms with Crippen molar-refractivity contribution in [2.24, 2.45) is 0 Å². The Morgan fingerprint density at radius 2 is 1.53 bits per heavy atom. The molecule has 1 aromatic heterocycles. The molecule has 208 valence electrons. The van der Waals surface area contributed by atoms with Crippen LogP contribution in [0.15, 0.2) is 41.6 Å². The van der Waals surface area contributed by atoms with E-state index in [4.69, 9.17) is 23.7 Å². The summed E-state index contributed by atoms with van der Waals surface area (Å²) in [6, 6.07) is 6.80. The van der Waals surface area contributed by atoms with E-state index in [9.17, 15) is 21.6 Å². The first-order valence-electron chi connectivity index (χ1n) is 11.4. The average molecular weight is 560 g/mol. The summed E-state index contributed by atoms with van der Waals surface area (Å²) in [6.45, 7) is 1.01. The van der Waals surface area contributed by atoms with Crippen molar-refractivity contribution in [3.8, 4) is 17.2 Å². The second kappa shape index (κ2) is 12.9. The third-order valence-electron chi connectivity index (χ3n) is 5.13. The zero-order valence-corrected chi connectivity index (χ0v) is 21.8. The third-order valence-corrected chi connectivity index (χ3v) is 6.86. The maximum absolute atomic E-state index is 12.8. The molecule has 0 spiro atoms. The van der Waals surface area contributed by atoms with Gasteiger partial charge in [0.2, 0.25) is 0 Å². The van der Waals surface area contributed by atoms with Crippen molar-refractivity contribution in [2.75, 3.05) is 58.3 Å². The van der Waals surface area contributed by atoms with E-state index in [1.807, 2.05) is 0 Å². The van der Waals surface area contributed by atoms with Crippen molar-refractivity contribution in [1.29, 1.82) is 0 Å². The fraction of sp³-hybridized carbons (Fsp3) is 0.417. The molecule has 0 aliphatic carbocycles. The predicted molar refractivity (Wildman–Crippen MR) is 133 cm³/mol. The topological polar surface area (TPSA) is 118 Å². The van der Waals surface area contributed by atoms with Gasteiger partial charge in [0.25, 0.3) is 0 Å². The van der Waals surface area contributed by atoms with Gasteiger partial charge in [-0.3, -0.25) is 0 Å². The molecule has 0 saturated carbocycles.